The molecule has 2 aromatic heterocycles. The van der Waals surface area contributed by atoms with Crippen molar-refractivity contribution in [2.45, 2.75) is 33.4 Å². The number of thiophene rings is 1. The lowest BCUT2D eigenvalue weighted by molar-refractivity contribution is -0.122. The minimum absolute atomic E-state index is 0.225. The lowest BCUT2D eigenvalue weighted by Crippen LogP contribution is -2.44. The van der Waals surface area contributed by atoms with Crippen LogP contribution in [-0.2, 0) is 11.3 Å². The normalized spacial score (nSPS) is 12.0. The Bertz CT molecular complexity index is 631. The molecule has 2 rings (SSSR count). The zero-order valence-electron chi connectivity index (χ0n) is 12.2. The summed E-state index contributed by atoms with van der Waals surface area (Å²) < 4.78 is 5.13. The predicted octanol–water partition coefficient (Wildman–Crippen LogP) is 2.39. The van der Waals surface area contributed by atoms with E-state index < -0.39 is 6.04 Å². The average Bonchev–Trinajstić information content (AvgIpc) is 3.05. The summed E-state index contributed by atoms with van der Waals surface area (Å²) in [5.74, 6) is 0.202. The van der Waals surface area contributed by atoms with Crippen molar-refractivity contribution in [1.29, 1.82) is 0 Å². The molecule has 0 bridgehead atoms. The van der Waals surface area contributed by atoms with Gasteiger partial charge in [-0.15, -0.1) is 11.3 Å². The zero-order chi connectivity index (χ0) is 15.4. The molecule has 2 aromatic rings. The van der Waals surface area contributed by atoms with Gasteiger partial charge in [0.05, 0.1) is 18.4 Å². The van der Waals surface area contributed by atoms with Crippen molar-refractivity contribution in [3.63, 3.8) is 0 Å². The van der Waals surface area contributed by atoms with Crippen LogP contribution >= 0.6 is 11.3 Å². The first-order valence-electron chi connectivity index (χ1n) is 6.65. The van der Waals surface area contributed by atoms with Crippen molar-refractivity contribution in [3.8, 4) is 0 Å². The van der Waals surface area contributed by atoms with Gasteiger partial charge in [0, 0.05) is 9.75 Å². The van der Waals surface area contributed by atoms with E-state index in [4.69, 9.17) is 4.42 Å². The number of hydrogen-bond donors (Lipinski definition) is 2. The van der Waals surface area contributed by atoms with Crippen LogP contribution in [0.25, 0.3) is 0 Å². The highest BCUT2D eigenvalue weighted by Gasteiger charge is 2.18. The molecule has 0 aliphatic heterocycles. The molecule has 0 radical (unpaired) electrons. The number of carbonyl (C=O) groups is 2. The molecule has 2 amide bonds. The maximum Gasteiger partial charge on any atom is 0.253 e. The van der Waals surface area contributed by atoms with Gasteiger partial charge in [-0.3, -0.25) is 9.59 Å². The Hall–Kier alpha value is -2.08. The Labute approximate surface area is 127 Å². The van der Waals surface area contributed by atoms with Gasteiger partial charge >= 0.3 is 0 Å². The molecule has 5 nitrogen and oxygen atoms in total. The molecule has 0 unspecified atom stereocenters. The molecule has 0 aliphatic rings. The lowest BCUT2D eigenvalue weighted by Gasteiger charge is -2.13. The molecule has 21 heavy (non-hydrogen) atoms. The van der Waals surface area contributed by atoms with Crippen molar-refractivity contribution in [2.24, 2.45) is 0 Å². The molecule has 2 N–H and O–H groups in total. The van der Waals surface area contributed by atoms with Crippen LogP contribution in [0.15, 0.2) is 28.9 Å². The van der Waals surface area contributed by atoms with E-state index in [0.717, 1.165) is 9.75 Å². The number of hydrogen-bond acceptors (Lipinski definition) is 4. The minimum Gasteiger partial charge on any atom is -0.467 e. The van der Waals surface area contributed by atoms with Crippen LogP contribution in [0.2, 0.25) is 0 Å². The number of aryl methyl sites for hydroxylation is 2. The predicted molar refractivity (Wildman–Crippen MR) is 81.3 cm³/mol. The summed E-state index contributed by atoms with van der Waals surface area (Å²) >= 11 is 1.57. The first kappa shape index (κ1) is 15.3. The van der Waals surface area contributed by atoms with Crippen molar-refractivity contribution in [1.82, 2.24) is 10.6 Å². The molecule has 2 heterocycles. The summed E-state index contributed by atoms with van der Waals surface area (Å²) in [6.45, 7) is 5.81. The molecule has 0 saturated heterocycles. The quantitative estimate of drug-likeness (QED) is 0.891. The highest BCUT2D eigenvalue weighted by molar-refractivity contribution is 7.12. The van der Waals surface area contributed by atoms with Gasteiger partial charge in [-0.05, 0) is 39.0 Å². The molecule has 0 saturated carbocycles. The zero-order valence-corrected chi connectivity index (χ0v) is 13.0. The Balaban J connectivity index is 1.88. The number of nitrogens with one attached hydrogen (secondary N) is 2. The summed E-state index contributed by atoms with van der Waals surface area (Å²) in [7, 11) is 0. The summed E-state index contributed by atoms with van der Waals surface area (Å²) in [6.07, 6.45) is 1.55. The number of furan rings is 1. The van der Waals surface area contributed by atoms with E-state index in [-0.39, 0.29) is 11.8 Å². The Morgan fingerprint density at radius 2 is 2.14 bits per heavy atom. The van der Waals surface area contributed by atoms with Crippen LogP contribution in [0, 0.1) is 13.8 Å². The van der Waals surface area contributed by atoms with E-state index in [1.54, 1.807) is 36.7 Å². The largest absolute Gasteiger partial charge is 0.467 e. The van der Waals surface area contributed by atoms with E-state index in [0.29, 0.717) is 17.9 Å². The Morgan fingerprint density at radius 3 is 2.71 bits per heavy atom. The first-order valence-corrected chi connectivity index (χ1v) is 7.47. The summed E-state index contributed by atoms with van der Waals surface area (Å²) in [6, 6.07) is 4.77. The molecule has 0 spiro atoms. The minimum atomic E-state index is -0.605. The van der Waals surface area contributed by atoms with Crippen LogP contribution in [0.1, 0.15) is 32.8 Å². The van der Waals surface area contributed by atoms with Gasteiger partial charge in [-0.2, -0.15) is 0 Å². The van der Waals surface area contributed by atoms with Crippen LogP contribution < -0.4 is 10.6 Å². The monoisotopic (exact) mass is 306 g/mol. The van der Waals surface area contributed by atoms with E-state index in [9.17, 15) is 9.59 Å². The maximum absolute atomic E-state index is 12.1. The van der Waals surface area contributed by atoms with E-state index in [1.165, 1.54) is 0 Å². The molecule has 0 fully saturated rings. The fourth-order valence-corrected chi connectivity index (χ4v) is 2.86. The molecule has 0 aromatic carbocycles. The second-order valence-corrected chi connectivity index (χ2v) is 6.28. The highest BCUT2D eigenvalue weighted by Crippen LogP contribution is 2.20. The molecular formula is C15H18N2O3S. The maximum atomic E-state index is 12.1. The van der Waals surface area contributed by atoms with Crippen LogP contribution in [0.5, 0.6) is 0 Å². The highest BCUT2D eigenvalue weighted by atomic mass is 32.1. The van der Waals surface area contributed by atoms with Gasteiger partial charge in [-0.1, -0.05) is 0 Å². The van der Waals surface area contributed by atoms with Crippen molar-refractivity contribution >= 4 is 23.2 Å². The first-order chi connectivity index (χ1) is 9.97. The third kappa shape index (κ3) is 3.95. The van der Waals surface area contributed by atoms with Gasteiger partial charge in [0.1, 0.15) is 11.8 Å². The molecular weight excluding hydrogens is 288 g/mol. The van der Waals surface area contributed by atoms with Crippen LogP contribution in [0.4, 0.5) is 0 Å². The van der Waals surface area contributed by atoms with E-state index in [2.05, 4.69) is 10.6 Å². The summed E-state index contributed by atoms with van der Waals surface area (Å²) in [5.41, 5.74) is 0.628. The van der Waals surface area contributed by atoms with Gasteiger partial charge < -0.3 is 15.1 Å². The molecule has 112 valence electrons. The lowest BCUT2D eigenvalue weighted by atomic mass is 10.2. The SMILES string of the molecule is Cc1cc(C(=O)N[C@H](C)C(=O)NCc2ccco2)c(C)s1. The van der Waals surface area contributed by atoms with Gasteiger partial charge in [0.25, 0.3) is 5.91 Å². The Morgan fingerprint density at radius 1 is 1.38 bits per heavy atom. The van der Waals surface area contributed by atoms with E-state index in [1.807, 2.05) is 19.9 Å². The van der Waals surface area contributed by atoms with Crippen molar-refractivity contribution in [2.75, 3.05) is 0 Å². The third-order valence-corrected chi connectivity index (χ3v) is 4.01. The smallest absolute Gasteiger partial charge is 0.253 e. The van der Waals surface area contributed by atoms with Crippen LogP contribution in [-0.4, -0.2) is 17.9 Å². The fraction of sp³-hybridized carbons (Fsp3) is 0.333. The molecule has 0 aliphatic carbocycles. The third-order valence-electron chi connectivity index (χ3n) is 3.04. The standard InChI is InChI=1S/C15H18N2O3S/c1-9-7-13(11(3)21-9)15(19)17-10(2)14(18)16-8-12-5-4-6-20-12/h4-7,10H,8H2,1-3H3,(H,16,18)(H,17,19)/t10-/m1/s1. The van der Waals surface area contributed by atoms with Gasteiger partial charge in [0.15, 0.2) is 0 Å². The topological polar surface area (TPSA) is 71.3 Å². The molecule has 1 atom stereocenters. The number of rotatable bonds is 5. The number of amides is 2. The second-order valence-electron chi connectivity index (χ2n) is 4.82. The van der Waals surface area contributed by atoms with Crippen molar-refractivity contribution in [3.05, 3.63) is 45.5 Å². The van der Waals surface area contributed by atoms with Crippen molar-refractivity contribution < 1.29 is 14.0 Å². The number of carbonyl (C=O) groups excluding carboxylic acids is 2. The van der Waals surface area contributed by atoms with Crippen LogP contribution in [0.3, 0.4) is 0 Å². The fourth-order valence-electron chi connectivity index (χ4n) is 1.94. The summed E-state index contributed by atoms with van der Waals surface area (Å²) in [5, 5.41) is 5.42. The average molecular weight is 306 g/mol. The van der Waals surface area contributed by atoms with Gasteiger partial charge in [-0.25, -0.2) is 0 Å². The van der Waals surface area contributed by atoms with E-state index >= 15 is 0 Å². The second kappa shape index (κ2) is 6.58. The van der Waals surface area contributed by atoms with Gasteiger partial charge in [0.2, 0.25) is 5.91 Å². The molecule has 6 heteroatoms. The summed E-state index contributed by atoms with van der Waals surface area (Å²) in [4.78, 5) is 26.1. The Kier molecular flexibility index (Phi) is 4.80.